The molecule has 0 radical (unpaired) electrons. The summed E-state index contributed by atoms with van der Waals surface area (Å²) < 4.78 is 0. The average molecular weight is 413 g/mol. The predicted octanol–water partition coefficient (Wildman–Crippen LogP) is 5.35. The Morgan fingerprint density at radius 1 is 1.21 bits per heavy atom. The van der Waals surface area contributed by atoms with E-state index in [-0.39, 0.29) is 46.9 Å². The second kappa shape index (κ2) is 8.44. The molecule has 2 heteroatoms. The Morgan fingerprint density at radius 2 is 1.84 bits per heavy atom. The molecular weight excluding hydrogens is 391 g/mol. The molecule has 0 bridgehead atoms. The Bertz CT molecular complexity index is 464. The summed E-state index contributed by atoms with van der Waals surface area (Å²) in [6, 6.07) is 8.45. The molecule has 19 heavy (non-hydrogen) atoms. The van der Waals surface area contributed by atoms with E-state index in [1.54, 1.807) is 5.92 Å². The van der Waals surface area contributed by atoms with Crippen LogP contribution in [0.5, 0.6) is 0 Å². The van der Waals surface area contributed by atoms with Gasteiger partial charge in [-0.05, 0) is 38.3 Å². The maximum absolute atomic E-state index is 4.88. The fourth-order valence-corrected chi connectivity index (χ4v) is 2.31. The van der Waals surface area contributed by atoms with Crippen LogP contribution in [-0.2, 0) is 0 Å². The first kappa shape index (κ1) is 17.2. The Labute approximate surface area is 155 Å². The number of nitrogens with zero attached hydrogens (tertiary/aromatic N) is 1. The van der Waals surface area contributed by atoms with E-state index in [4.69, 9.17) is 4.99 Å². The zero-order valence-corrected chi connectivity index (χ0v) is 13.6. The van der Waals surface area contributed by atoms with Gasteiger partial charge in [0.15, 0.2) is 0 Å². The van der Waals surface area contributed by atoms with E-state index in [2.05, 4.69) is 51.1 Å². The van der Waals surface area contributed by atoms with Crippen LogP contribution in [0.4, 0.5) is 5.69 Å². The molecule has 0 aliphatic heterocycles. The third kappa shape index (κ3) is 4.88. The van der Waals surface area contributed by atoms with Gasteiger partial charge in [-0.3, -0.25) is 4.99 Å². The van der Waals surface area contributed by atoms with Crippen LogP contribution in [-0.4, -0.2) is 5.71 Å². The van der Waals surface area contributed by atoms with Crippen molar-refractivity contribution in [3.8, 4) is 0 Å². The molecule has 110 valence electrons. The normalized spacial score (nSPS) is 17.0. The van der Waals surface area contributed by atoms with Gasteiger partial charge < -0.3 is 5.92 Å². The molecule has 1 aliphatic rings. The topological polar surface area (TPSA) is 12.4 Å². The predicted molar refractivity (Wildman–Crippen MR) is 80.2 cm³/mol. The molecule has 0 N–H and O–H groups in total. The first-order valence-corrected chi connectivity index (χ1v) is 6.80. The van der Waals surface area contributed by atoms with Gasteiger partial charge in [-0.15, -0.1) is 0 Å². The molecular formula is C17H22NYb-. The molecule has 0 amide bonds. The van der Waals surface area contributed by atoms with E-state index in [0.29, 0.717) is 0 Å². The zero-order chi connectivity index (χ0) is 13.0. The van der Waals surface area contributed by atoms with E-state index in [1.165, 1.54) is 29.7 Å². The van der Waals surface area contributed by atoms with Crippen LogP contribution in [0.2, 0.25) is 0 Å². The third-order valence-electron chi connectivity index (χ3n) is 3.72. The van der Waals surface area contributed by atoms with Crippen LogP contribution in [0.15, 0.2) is 35.3 Å². The molecule has 1 aromatic carbocycles. The number of aliphatic imine (C=N–C) groups is 1. The van der Waals surface area contributed by atoms with Crippen LogP contribution >= 0.6 is 0 Å². The molecule has 0 atom stereocenters. The number of hydrogen-bond donors (Lipinski definition) is 0. The van der Waals surface area contributed by atoms with Gasteiger partial charge in [0.1, 0.15) is 0 Å². The summed E-state index contributed by atoms with van der Waals surface area (Å²) in [6.45, 7) is 6.49. The van der Waals surface area contributed by atoms with Crippen molar-refractivity contribution in [2.24, 2.45) is 4.99 Å². The maximum Gasteiger partial charge on any atom is 0.0703 e. The summed E-state index contributed by atoms with van der Waals surface area (Å²) >= 11 is 0. The van der Waals surface area contributed by atoms with E-state index >= 15 is 0 Å². The molecule has 1 aliphatic carbocycles. The number of para-hydroxylation sites is 1. The molecule has 1 aromatic rings. The van der Waals surface area contributed by atoms with Gasteiger partial charge in [0, 0.05) is 58.2 Å². The molecule has 1 nitrogen and oxygen atoms in total. The van der Waals surface area contributed by atoms with Crippen LogP contribution in [0, 0.1) is 52.8 Å². The molecule has 0 spiro atoms. The SMILES string of the molecule is C/C=C(/C)c1ccccc1N=C1CC[C-](C)CC1.[Yb]. The fourth-order valence-electron chi connectivity index (χ4n) is 2.31. The van der Waals surface area contributed by atoms with Gasteiger partial charge in [0.05, 0.1) is 5.69 Å². The average Bonchev–Trinajstić information content (AvgIpc) is 2.41. The number of rotatable bonds is 2. The van der Waals surface area contributed by atoms with Crippen molar-refractivity contribution < 1.29 is 46.9 Å². The smallest absolute Gasteiger partial charge is 0.0703 e. The molecule has 2 rings (SSSR count). The summed E-state index contributed by atoms with van der Waals surface area (Å²) in [5, 5.41) is 0. The van der Waals surface area contributed by atoms with E-state index in [1.807, 2.05) is 0 Å². The second-order valence-electron chi connectivity index (χ2n) is 5.12. The second-order valence-corrected chi connectivity index (χ2v) is 5.12. The molecule has 0 unspecified atom stereocenters. The third-order valence-corrected chi connectivity index (χ3v) is 3.72. The van der Waals surface area contributed by atoms with E-state index < -0.39 is 0 Å². The Morgan fingerprint density at radius 3 is 2.47 bits per heavy atom. The van der Waals surface area contributed by atoms with Crippen molar-refractivity contribution in [3.63, 3.8) is 0 Å². The van der Waals surface area contributed by atoms with Gasteiger partial charge in [0.25, 0.3) is 0 Å². The summed E-state index contributed by atoms with van der Waals surface area (Å²) in [4.78, 5) is 4.88. The summed E-state index contributed by atoms with van der Waals surface area (Å²) in [5.41, 5.74) is 5.05. The quantitative estimate of drug-likeness (QED) is 0.580. The van der Waals surface area contributed by atoms with Crippen molar-refractivity contribution in [2.45, 2.75) is 46.5 Å². The summed E-state index contributed by atoms with van der Waals surface area (Å²) in [5.74, 6) is 1.62. The van der Waals surface area contributed by atoms with Gasteiger partial charge in [-0.2, -0.15) is 19.8 Å². The van der Waals surface area contributed by atoms with E-state index in [0.717, 1.165) is 18.5 Å². The van der Waals surface area contributed by atoms with Crippen LogP contribution < -0.4 is 0 Å². The van der Waals surface area contributed by atoms with E-state index in [9.17, 15) is 0 Å². The van der Waals surface area contributed by atoms with Crippen molar-refractivity contribution >= 4 is 17.0 Å². The van der Waals surface area contributed by atoms with Gasteiger partial charge >= 0.3 is 0 Å². The molecule has 0 aromatic heterocycles. The summed E-state index contributed by atoms with van der Waals surface area (Å²) in [7, 11) is 0. The Balaban J connectivity index is 0.00000180. The van der Waals surface area contributed by atoms with Crippen molar-refractivity contribution in [1.29, 1.82) is 0 Å². The zero-order valence-electron chi connectivity index (χ0n) is 11.9. The molecule has 0 heterocycles. The van der Waals surface area contributed by atoms with Crippen LogP contribution in [0.25, 0.3) is 5.57 Å². The Kier molecular flexibility index (Phi) is 7.64. The minimum Gasteiger partial charge on any atom is -0.316 e. The van der Waals surface area contributed by atoms with Gasteiger partial charge in [-0.25, -0.2) is 0 Å². The molecule has 1 fully saturated rings. The first-order chi connectivity index (χ1) is 8.70. The van der Waals surface area contributed by atoms with Crippen molar-refractivity contribution in [1.82, 2.24) is 0 Å². The van der Waals surface area contributed by atoms with Crippen molar-refractivity contribution in [2.75, 3.05) is 0 Å². The van der Waals surface area contributed by atoms with Gasteiger partial charge in [-0.1, -0.05) is 24.3 Å². The minimum absolute atomic E-state index is 0. The van der Waals surface area contributed by atoms with Crippen LogP contribution in [0.3, 0.4) is 0 Å². The Hall–Kier alpha value is 0.149. The molecule has 0 saturated heterocycles. The number of allylic oxidation sites excluding steroid dienone is 2. The standard InChI is InChI=1S/C17H22N.Yb/c1-4-14(3)16-7-5-6-8-17(16)18-15-11-9-13(2)10-12-15;/h4-8H,9-12H2,1-3H3;/q-1;/b14-4-;. The van der Waals surface area contributed by atoms with Crippen LogP contribution in [0.1, 0.15) is 52.0 Å². The maximum atomic E-state index is 4.88. The number of hydrogen-bond acceptors (Lipinski definition) is 1. The molecule has 1 saturated carbocycles. The number of benzene rings is 1. The minimum atomic E-state index is 0. The van der Waals surface area contributed by atoms with Gasteiger partial charge in [0.2, 0.25) is 0 Å². The largest absolute Gasteiger partial charge is 0.316 e. The van der Waals surface area contributed by atoms with Crippen molar-refractivity contribution in [3.05, 3.63) is 41.8 Å². The monoisotopic (exact) mass is 414 g/mol. The summed E-state index contributed by atoms with van der Waals surface area (Å²) in [6.07, 6.45) is 6.84. The first-order valence-electron chi connectivity index (χ1n) is 6.80. The fraction of sp³-hybridized carbons (Fsp3) is 0.412.